The van der Waals surface area contributed by atoms with Gasteiger partial charge in [0.15, 0.2) is 0 Å². The summed E-state index contributed by atoms with van der Waals surface area (Å²) in [5, 5.41) is 6.52. The zero-order valence-electron chi connectivity index (χ0n) is 13.4. The molecule has 0 aromatic rings. The molecule has 5 rings (SSSR count). The van der Waals surface area contributed by atoms with Crippen LogP contribution in [-0.2, 0) is 0 Å². The van der Waals surface area contributed by atoms with Gasteiger partial charge < -0.3 is 10.6 Å². The molecular formula is C19H13MgN5. The maximum absolute atomic E-state index is 4.60. The standard InChI is InChI=1S/C19H13N5.Mg/c1-2-13-8-15-5-6-17(23-15)10-19-20-11-18(24-19)9-16-4-3-14(22-16)7-12(1)21-13;/h1-11,20,24H;. The van der Waals surface area contributed by atoms with Gasteiger partial charge in [-0.05, 0) is 54.7 Å². The molecule has 2 N–H and O–H groups in total. The molecule has 8 bridgehead atoms. The molecule has 0 aromatic carbocycles. The van der Waals surface area contributed by atoms with Crippen molar-refractivity contribution in [2.75, 3.05) is 0 Å². The lowest BCUT2D eigenvalue weighted by Crippen LogP contribution is -2.13. The van der Waals surface area contributed by atoms with Crippen molar-refractivity contribution in [2.24, 2.45) is 15.0 Å². The average Bonchev–Trinajstić information content (AvgIpc) is 3.32. The second kappa shape index (κ2) is 6.31. The van der Waals surface area contributed by atoms with Crippen LogP contribution in [0.3, 0.4) is 0 Å². The van der Waals surface area contributed by atoms with E-state index in [4.69, 9.17) is 0 Å². The van der Waals surface area contributed by atoms with Gasteiger partial charge in [-0.15, -0.1) is 0 Å². The maximum Gasteiger partial charge on any atom is 0.109 e. The van der Waals surface area contributed by atoms with Gasteiger partial charge in [0.05, 0.1) is 39.9 Å². The molecular weight excluding hydrogens is 323 g/mol. The summed E-state index contributed by atoms with van der Waals surface area (Å²) in [7, 11) is 0. The van der Waals surface area contributed by atoms with Gasteiger partial charge in [0.25, 0.3) is 0 Å². The molecule has 5 aliphatic heterocycles. The van der Waals surface area contributed by atoms with Crippen molar-refractivity contribution in [1.82, 2.24) is 10.6 Å². The molecule has 5 nitrogen and oxygen atoms in total. The Balaban J connectivity index is 0.00000157. The minimum absolute atomic E-state index is 0. The SMILES string of the molecule is C1=CC2=NC1=CC1=CNC(=CC3=NC(=CC4=NC(=C2)C=C4)C=C3)N1.[Mg]. The van der Waals surface area contributed by atoms with Crippen LogP contribution in [0, 0.1) is 0 Å². The van der Waals surface area contributed by atoms with E-state index in [1.54, 1.807) is 0 Å². The average molecular weight is 336 g/mol. The van der Waals surface area contributed by atoms with E-state index >= 15 is 0 Å². The van der Waals surface area contributed by atoms with Crippen LogP contribution in [-0.4, -0.2) is 40.2 Å². The Kier molecular flexibility index (Phi) is 3.99. The van der Waals surface area contributed by atoms with Crippen LogP contribution >= 0.6 is 0 Å². The number of nitrogens with zero attached hydrogens (tertiary/aromatic N) is 3. The van der Waals surface area contributed by atoms with Crippen LogP contribution in [0.15, 0.2) is 111 Å². The van der Waals surface area contributed by atoms with E-state index in [1.807, 2.05) is 67.0 Å². The highest BCUT2D eigenvalue weighted by Gasteiger charge is 2.12. The van der Waals surface area contributed by atoms with Crippen molar-refractivity contribution in [2.45, 2.75) is 0 Å². The monoisotopic (exact) mass is 335 g/mol. The van der Waals surface area contributed by atoms with E-state index in [1.165, 1.54) is 0 Å². The van der Waals surface area contributed by atoms with Gasteiger partial charge in [-0.1, -0.05) is 0 Å². The van der Waals surface area contributed by atoms with Gasteiger partial charge >= 0.3 is 0 Å². The van der Waals surface area contributed by atoms with E-state index in [0.29, 0.717) is 0 Å². The van der Waals surface area contributed by atoms with E-state index in [-0.39, 0.29) is 23.1 Å². The molecule has 0 amide bonds. The minimum Gasteiger partial charge on any atom is -0.346 e. The van der Waals surface area contributed by atoms with E-state index in [2.05, 4.69) is 25.6 Å². The lowest BCUT2D eigenvalue weighted by atomic mass is 10.2. The number of rotatable bonds is 0. The summed E-state index contributed by atoms with van der Waals surface area (Å²) in [6.45, 7) is 0. The van der Waals surface area contributed by atoms with Crippen molar-refractivity contribution < 1.29 is 0 Å². The highest BCUT2D eigenvalue weighted by Crippen LogP contribution is 2.19. The Labute approximate surface area is 161 Å². The lowest BCUT2D eigenvalue weighted by Gasteiger charge is -2.01. The predicted molar refractivity (Wildman–Crippen MR) is 102 cm³/mol. The zero-order chi connectivity index (χ0) is 15.9. The summed E-state index contributed by atoms with van der Waals surface area (Å²) >= 11 is 0. The Bertz CT molecular complexity index is 991. The largest absolute Gasteiger partial charge is 0.346 e. The molecule has 0 aliphatic carbocycles. The van der Waals surface area contributed by atoms with Gasteiger partial charge in [-0.25, -0.2) is 15.0 Å². The van der Waals surface area contributed by atoms with E-state index in [0.717, 1.165) is 45.7 Å². The fourth-order valence-corrected chi connectivity index (χ4v) is 2.81. The van der Waals surface area contributed by atoms with Crippen LogP contribution in [0.4, 0.5) is 0 Å². The van der Waals surface area contributed by atoms with Gasteiger partial charge in [-0.3, -0.25) is 0 Å². The first kappa shape index (κ1) is 15.8. The van der Waals surface area contributed by atoms with Crippen LogP contribution in [0.1, 0.15) is 0 Å². The Hall–Kier alpha value is -2.70. The first-order chi connectivity index (χ1) is 11.8. The molecule has 0 atom stereocenters. The molecule has 5 aliphatic rings. The van der Waals surface area contributed by atoms with Crippen molar-refractivity contribution in [3.8, 4) is 0 Å². The quantitative estimate of drug-likeness (QED) is 0.667. The summed E-state index contributed by atoms with van der Waals surface area (Å²) in [6.07, 6.45) is 21.8. The molecule has 116 valence electrons. The number of aliphatic imine (C=N–C) groups is 3. The molecule has 6 heteroatoms. The highest BCUT2D eigenvalue weighted by molar-refractivity contribution is 6.12. The van der Waals surface area contributed by atoms with Gasteiger partial charge in [0, 0.05) is 35.3 Å². The molecule has 0 saturated heterocycles. The van der Waals surface area contributed by atoms with Crippen LogP contribution < -0.4 is 10.6 Å². The topological polar surface area (TPSA) is 61.1 Å². The molecule has 0 saturated carbocycles. The highest BCUT2D eigenvalue weighted by atomic mass is 24.3. The second-order valence-electron chi connectivity index (χ2n) is 5.74. The first-order valence-corrected chi connectivity index (χ1v) is 7.71. The summed E-state index contributed by atoms with van der Waals surface area (Å²) in [4.78, 5) is 13.8. The molecule has 2 radical (unpaired) electrons. The fraction of sp³-hybridized carbons (Fsp3) is 0. The summed E-state index contributed by atoms with van der Waals surface area (Å²) in [6, 6.07) is 0. The number of hydrogen-bond donors (Lipinski definition) is 2. The Morgan fingerprint density at radius 1 is 0.600 bits per heavy atom. The molecule has 0 spiro atoms. The smallest absolute Gasteiger partial charge is 0.109 e. The summed E-state index contributed by atoms with van der Waals surface area (Å²) in [5.41, 5.74) is 6.34. The fourth-order valence-electron chi connectivity index (χ4n) is 2.81. The van der Waals surface area contributed by atoms with E-state index in [9.17, 15) is 0 Å². The second-order valence-corrected chi connectivity index (χ2v) is 5.74. The normalized spacial score (nSPS) is 21.8. The zero-order valence-corrected chi connectivity index (χ0v) is 14.8. The third-order valence-corrected chi connectivity index (χ3v) is 3.90. The van der Waals surface area contributed by atoms with Crippen LogP contribution in [0.5, 0.6) is 0 Å². The first-order valence-electron chi connectivity index (χ1n) is 7.71. The van der Waals surface area contributed by atoms with Crippen LogP contribution in [0.2, 0.25) is 0 Å². The van der Waals surface area contributed by atoms with Gasteiger partial charge in [0.2, 0.25) is 0 Å². The molecule has 25 heavy (non-hydrogen) atoms. The molecule has 5 heterocycles. The summed E-state index contributed by atoms with van der Waals surface area (Å²) in [5.74, 6) is 0.894. The van der Waals surface area contributed by atoms with Crippen molar-refractivity contribution >= 4 is 40.2 Å². The number of hydrogen-bond acceptors (Lipinski definition) is 5. The van der Waals surface area contributed by atoms with Gasteiger partial charge in [-0.2, -0.15) is 0 Å². The lowest BCUT2D eigenvalue weighted by molar-refractivity contribution is 0.972. The van der Waals surface area contributed by atoms with Crippen molar-refractivity contribution in [3.63, 3.8) is 0 Å². The van der Waals surface area contributed by atoms with Crippen LogP contribution in [0.25, 0.3) is 0 Å². The minimum atomic E-state index is 0. The molecule has 0 unspecified atom stereocenters. The van der Waals surface area contributed by atoms with Crippen molar-refractivity contribution in [1.29, 1.82) is 0 Å². The number of allylic oxidation sites excluding steroid dienone is 10. The molecule has 0 fully saturated rings. The predicted octanol–water partition coefficient (Wildman–Crippen LogP) is 2.18. The Morgan fingerprint density at radius 2 is 1.12 bits per heavy atom. The van der Waals surface area contributed by atoms with Gasteiger partial charge in [0.1, 0.15) is 5.82 Å². The maximum atomic E-state index is 4.60. The molecule has 0 aromatic heterocycles. The third kappa shape index (κ3) is 3.26. The Morgan fingerprint density at radius 3 is 1.72 bits per heavy atom. The number of nitrogens with one attached hydrogen (secondary N) is 2. The third-order valence-electron chi connectivity index (χ3n) is 3.90. The number of fused-ring (bicyclic) bond motifs is 5. The van der Waals surface area contributed by atoms with E-state index < -0.39 is 0 Å². The van der Waals surface area contributed by atoms with Crippen molar-refractivity contribution in [3.05, 3.63) is 95.6 Å². The summed E-state index contributed by atoms with van der Waals surface area (Å²) < 4.78 is 0.